The first-order valence-corrected chi connectivity index (χ1v) is 9.86. The number of benzene rings is 2. The number of halogens is 1. The van der Waals surface area contributed by atoms with E-state index in [0.717, 1.165) is 48.9 Å². The number of ether oxygens (including phenoxy) is 2. The summed E-state index contributed by atoms with van der Waals surface area (Å²) in [5.74, 6) is 2.50. The third-order valence-corrected chi connectivity index (χ3v) is 5.23. The van der Waals surface area contributed by atoms with Crippen molar-refractivity contribution in [1.29, 1.82) is 0 Å². The Morgan fingerprint density at radius 1 is 1.10 bits per heavy atom. The van der Waals surface area contributed by atoms with Gasteiger partial charge in [-0.3, -0.25) is 4.90 Å². The SMILES string of the molecule is COc1ccccc1OC1CCN(Cc2nc(-c3cccc(F)c3)oc2C)CC1. The lowest BCUT2D eigenvalue weighted by Crippen LogP contribution is -2.38. The van der Waals surface area contributed by atoms with Crippen LogP contribution in [0.5, 0.6) is 11.5 Å². The Hall–Kier alpha value is -2.86. The highest BCUT2D eigenvalue weighted by atomic mass is 19.1. The zero-order valence-corrected chi connectivity index (χ0v) is 16.7. The van der Waals surface area contributed by atoms with Crippen LogP contribution in [-0.2, 0) is 6.54 Å². The Kier molecular flexibility index (Phi) is 5.81. The summed E-state index contributed by atoms with van der Waals surface area (Å²) in [4.78, 5) is 6.95. The summed E-state index contributed by atoms with van der Waals surface area (Å²) in [6.07, 6.45) is 2.04. The lowest BCUT2D eigenvalue weighted by atomic mass is 10.1. The first-order valence-electron chi connectivity index (χ1n) is 9.86. The number of hydrogen-bond donors (Lipinski definition) is 0. The van der Waals surface area contributed by atoms with Crippen LogP contribution in [0.2, 0.25) is 0 Å². The average molecular weight is 396 g/mol. The van der Waals surface area contributed by atoms with E-state index < -0.39 is 0 Å². The molecule has 0 radical (unpaired) electrons. The zero-order chi connectivity index (χ0) is 20.2. The van der Waals surface area contributed by atoms with E-state index in [4.69, 9.17) is 13.9 Å². The maximum absolute atomic E-state index is 13.5. The quantitative estimate of drug-likeness (QED) is 0.597. The van der Waals surface area contributed by atoms with Crippen molar-refractivity contribution >= 4 is 0 Å². The lowest BCUT2D eigenvalue weighted by molar-refractivity contribution is 0.0935. The van der Waals surface area contributed by atoms with Gasteiger partial charge in [-0.15, -0.1) is 0 Å². The molecule has 2 heterocycles. The van der Waals surface area contributed by atoms with Gasteiger partial charge in [0.2, 0.25) is 5.89 Å². The molecule has 6 heteroatoms. The standard InChI is InChI=1S/C23H25FN2O3/c1-16-20(25-23(28-16)17-6-5-7-18(24)14-17)15-26-12-10-19(11-13-26)29-22-9-4-3-8-21(22)27-2/h3-9,14,19H,10-13,15H2,1-2H3. The summed E-state index contributed by atoms with van der Waals surface area (Å²) in [7, 11) is 1.66. The summed E-state index contributed by atoms with van der Waals surface area (Å²) in [6, 6.07) is 14.1. The van der Waals surface area contributed by atoms with Gasteiger partial charge in [-0.1, -0.05) is 18.2 Å². The number of nitrogens with zero attached hydrogens (tertiary/aromatic N) is 2. The first kappa shape index (κ1) is 19.5. The molecule has 29 heavy (non-hydrogen) atoms. The molecule has 0 spiro atoms. The summed E-state index contributed by atoms with van der Waals surface area (Å²) < 4.78 is 30.8. The molecule has 1 aliphatic rings. The zero-order valence-electron chi connectivity index (χ0n) is 16.7. The minimum absolute atomic E-state index is 0.170. The fourth-order valence-corrected chi connectivity index (χ4v) is 3.61. The largest absolute Gasteiger partial charge is 0.493 e. The second-order valence-electron chi connectivity index (χ2n) is 7.28. The second kappa shape index (κ2) is 8.66. The normalized spacial score (nSPS) is 15.4. The third-order valence-electron chi connectivity index (χ3n) is 5.23. The monoisotopic (exact) mass is 396 g/mol. The smallest absolute Gasteiger partial charge is 0.226 e. The van der Waals surface area contributed by atoms with Crippen LogP contribution in [0.4, 0.5) is 4.39 Å². The number of likely N-dealkylation sites (tertiary alicyclic amines) is 1. The molecule has 0 atom stereocenters. The Labute approximate surface area is 170 Å². The van der Waals surface area contributed by atoms with Gasteiger partial charge in [0, 0.05) is 25.2 Å². The van der Waals surface area contributed by atoms with E-state index in [1.165, 1.54) is 12.1 Å². The molecule has 1 aromatic heterocycles. The van der Waals surface area contributed by atoms with E-state index >= 15 is 0 Å². The highest BCUT2D eigenvalue weighted by Gasteiger charge is 2.23. The van der Waals surface area contributed by atoms with Crippen LogP contribution in [0.15, 0.2) is 52.9 Å². The van der Waals surface area contributed by atoms with Crippen LogP contribution < -0.4 is 9.47 Å². The van der Waals surface area contributed by atoms with Crippen LogP contribution in [0.1, 0.15) is 24.3 Å². The number of piperidine rings is 1. The number of para-hydroxylation sites is 2. The predicted octanol–water partition coefficient (Wildman–Crippen LogP) is 4.84. The van der Waals surface area contributed by atoms with Crippen molar-refractivity contribution in [3.63, 3.8) is 0 Å². The molecular formula is C23H25FN2O3. The van der Waals surface area contributed by atoms with Gasteiger partial charge in [0.05, 0.1) is 12.8 Å². The molecule has 0 amide bonds. The van der Waals surface area contributed by atoms with Crippen molar-refractivity contribution in [2.45, 2.75) is 32.4 Å². The van der Waals surface area contributed by atoms with Crippen molar-refractivity contribution in [3.05, 3.63) is 65.8 Å². The first-order chi connectivity index (χ1) is 14.1. The number of methoxy groups -OCH3 is 1. The topological polar surface area (TPSA) is 47.7 Å². The van der Waals surface area contributed by atoms with Crippen molar-refractivity contribution < 1.29 is 18.3 Å². The maximum atomic E-state index is 13.5. The van der Waals surface area contributed by atoms with Crippen molar-refractivity contribution in [1.82, 2.24) is 9.88 Å². The van der Waals surface area contributed by atoms with Crippen molar-refractivity contribution in [3.8, 4) is 23.0 Å². The molecule has 1 saturated heterocycles. The van der Waals surface area contributed by atoms with Crippen molar-refractivity contribution in [2.24, 2.45) is 0 Å². The van der Waals surface area contributed by atoms with Gasteiger partial charge < -0.3 is 13.9 Å². The molecule has 0 saturated carbocycles. The Bertz CT molecular complexity index is 964. The predicted molar refractivity (Wildman–Crippen MR) is 109 cm³/mol. The van der Waals surface area contributed by atoms with Crippen LogP contribution in [0.3, 0.4) is 0 Å². The number of oxazole rings is 1. The molecule has 0 bridgehead atoms. The fraction of sp³-hybridized carbons (Fsp3) is 0.348. The van der Waals surface area contributed by atoms with E-state index in [0.29, 0.717) is 18.0 Å². The van der Waals surface area contributed by atoms with Crippen LogP contribution in [-0.4, -0.2) is 36.2 Å². The highest BCUT2D eigenvalue weighted by molar-refractivity contribution is 5.53. The van der Waals surface area contributed by atoms with E-state index in [2.05, 4.69) is 9.88 Å². The maximum Gasteiger partial charge on any atom is 0.226 e. The molecule has 0 aliphatic carbocycles. The van der Waals surface area contributed by atoms with Gasteiger partial charge in [0.25, 0.3) is 0 Å². The molecule has 5 nitrogen and oxygen atoms in total. The van der Waals surface area contributed by atoms with E-state index in [-0.39, 0.29) is 11.9 Å². The van der Waals surface area contributed by atoms with E-state index in [1.54, 1.807) is 19.2 Å². The molecule has 2 aromatic carbocycles. The van der Waals surface area contributed by atoms with Crippen LogP contribution in [0.25, 0.3) is 11.5 Å². The number of rotatable bonds is 6. The van der Waals surface area contributed by atoms with Crippen LogP contribution in [0, 0.1) is 12.7 Å². The summed E-state index contributed by atoms with van der Waals surface area (Å²) in [5, 5.41) is 0. The summed E-state index contributed by atoms with van der Waals surface area (Å²) in [5.41, 5.74) is 1.55. The highest BCUT2D eigenvalue weighted by Crippen LogP contribution is 2.29. The van der Waals surface area contributed by atoms with Gasteiger partial charge in [-0.25, -0.2) is 9.37 Å². The molecule has 0 unspecified atom stereocenters. The third kappa shape index (κ3) is 4.59. The fourth-order valence-electron chi connectivity index (χ4n) is 3.61. The number of aryl methyl sites for hydroxylation is 1. The molecule has 1 aliphatic heterocycles. The summed E-state index contributed by atoms with van der Waals surface area (Å²) >= 11 is 0. The molecule has 1 fully saturated rings. The molecular weight excluding hydrogens is 371 g/mol. The number of aromatic nitrogens is 1. The van der Waals surface area contributed by atoms with Gasteiger partial charge in [-0.2, -0.15) is 0 Å². The minimum atomic E-state index is -0.294. The summed E-state index contributed by atoms with van der Waals surface area (Å²) in [6.45, 7) is 4.46. The molecule has 3 aromatic rings. The molecule has 4 rings (SSSR count). The molecule has 152 valence electrons. The lowest BCUT2D eigenvalue weighted by Gasteiger charge is -2.32. The Morgan fingerprint density at radius 2 is 1.86 bits per heavy atom. The van der Waals surface area contributed by atoms with Gasteiger partial charge in [0.15, 0.2) is 11.5 Å². The van der Waals surface area contributed by atoms with Gasteiger partial charge in [-0.05, 0) is 50.1 Å². The number of hydrogen-bond acceptors (Lipinski definition) is 5. The van der Waals surface area contributed by atoms with Crippen molar-refractivity contribution in [2.75, 3.05) is 20.2 Å². The minimum Gasteiger partial charge on any atom is -0.493 e. The van der Waals surface area contributed by atoms with E-state index in [9.17, 15) is 4.39 Å². The van der Waals surface area contributed by atoms with Gasteiger partial charge >= 0.3 is 0 Å². The second-order valence-corrected chi connectivity index (χ2v) is 7.28. The Morgan fingerprint density at radius 3 is 2.59 bits per heavy atom. The van der Waals surface area contributed by atoms with Crippen LogP contribution >= 0.6 is 0 Å². The Balaban J connectivity index is 1.35. The van der Waals surface area contributed by atoms with Gasteiger partial charge in [0.1, 0.15) is 17.7 Å². The molecule has 0 N–H and O–H groups in total. The van der Waals surface area contributed by atoms with E-state index in [1.807, 2.05) is 31.2 Å². The average Bonchev–Trinajstić information content (AvgIpc) is 3.10.